The summed E-state index contributed by atoms with van der Waals surface area (Å²) in [7, 11) is 0. The molecule has 0 unspecified atom stereocenters. The van der Waals surface area contributed by atoms with Gasteiger partial charge in [0.2, 0.25) is 5.89 Å². The van der Waals surface area contributed by atoms with Gasteiger partial charge in [-0.15, -0.1) is 5.10 Å². The van der Waals surface area contributed by atoms with Gasteiger partial charge in [0.1, 0.15) is 0 Å². The quantitative estimate of drug-likeness (QED) is 0.896. The number of alkyl halides is 3. The molecule has 0 aliphatic carbocycles. The van der Waals surface area contributed by atoms with Crippen molar-refractivity contribution in [2.75, 3.05) is 12.3 Å². The number of carbonyl (C=O) groups is 1. The number of halogens is 3. The van der Waals surface area contributed by atoms with Crippen molar-refractivity contribution < 1.29 is 22.4 Å². The lowest BCUT2D eigenvalue weighted by molar-refractivity contribution is -0.137. The first-order valence-corrected chi connectivity index (χ1v) is 6.31. The molecule has 6 nitrogen and oxygen atoms in total. The second-order valence-electron chi connectivity index (χ2n) is 3.74. The number of hydrogen-bond acceptors (Lipinski definition) is 6. The summed E-state index contributed by atoms with van der Waals surface area (Å²) in [5, 5.41) is 11.4. The molecule has 0 aliphatic heterocycles. The molecule has 0 radical (unpaired) electrons. The lowest BCUT2D eigenvalue weighted by Crippen LogP contribution is -2.27. The van der Waals surface area contributed by atoms with Gasteiger partial charge in [-0.3, -0.25) is 4.79 Å². The Morgan fingerprint density at radius 3 is 2.75 bits per heavy atom. The zero-order valence-electron chi connectivity index (χ0n) is 9.90. The molecule has 0 saturated carbocycles. The smallest absolute Gasteiger partial charge is 0.408 e. The standard InChI is InChI=1S/C10H9F3N4O2S/c11-10(12,13)6-4-20-3-5(6)8(18)15-2-1-7-16-17-9(14)19-7/h3-4H,1-2H2,(H2,14,17)(H,15,18). The first-order chi connectivity index (χ1) is 9.38. The number of aromatic nitrogens is 2. The molecule has 3 N–H and O–H groups in total. The molecule has 108 valence electrons. The molecule has 20 heavy (non-hydrogen) atoms. The first-order valence-electron chi connectivity index (χ1n) is 5.37. The highest BCUT2D eigenvalue weighted by Crippen LogP contribution is 2.34. The predicted octanol–water partition coefficient (Wildman–Crippen LogP) is 1.70. The van der Waals surface area contributed by atoms with Crippen LogP contribution in [0.4, 0.5) is 19.2 Å². The number of thiophene rings is 1. The average Bonchev–Trinajstić information content (AvgIpc) is 2.96. The summed E-state index contributed by atoms with van der Waals surface area (Å²) in [5.74, 6) is -0.602. The third kappa shape index (κ3) is 3.26. The van der Waals surface area contributed by atoms with Crippen LogP contribution in [0, 0.1) is 0 Å². The topological polar surface area (TPSA) is 94.0 Å². The van der Waals surface area contributed by atoms with Gasteiger partial charge in [-0.25, -0.2) is 0 Å². The Balaban J connectivity index is 1.94. The molecule has 1 amide bonds. The molecular formula is C10H9F3N4O2S. The van der Waals surface area contributed by atoms with Gasteiger partial charge < -0.3 is 15.5 Å². The Hall–Kier alpha value is -2.10. The second kappa shape index (κ2) is 5.49. The summed E-state index contributed by atoms with van der Waals surface area (Å²) < 4.78 is 42.7. The van der Waals surface area contributed by atoms with E-state index in [2.05, 4.69) is 15.5 Å². The van der Waals surface area contributed by atoms with E-state index in [0.29, 0.717) is 0 Å². The minimum atomic E-state index is -4.55. The second-order valence-corrected chi connectivity index (χ2v) is 4.48. The molecule has 2 aromatic heterocycles. The van der Waals surface area contributed by atoms with Crippen molar-refractivity contribution in [2.45, 2.75) is 12.6 Å². The molecule has 0 fully saturated rings. The summed E-state index contributed by atoms with van der Waals surface area (Å²) in [6.45, 7) is 0.0631. The van der Waals surface area contributed by atoms with Crippen molar-refractivity contribution in [1.82, 2.24) is 15.5 Å². The molecule has 10 heteroatoms. The van der Waals surface area contributed by atoms with Crippen LogP contribution in [0.1, 0.15) is 21.8 Å². The fourth-order valence-electron chi connectivity index (χ4n) is 1.44. The number of rotatable bonds is 4. The largest absolute Gasteiger partial charge is 0.417 e. The van der Waals surface area contributed by atoms with Gasteiger partial charge in [-0.1, -0.05) is 5.10 Å². The highest BCUT2D eigenvalue weighted by atomic mass is 32.1. The number of nitrogen functional groups attached to an aromatic ring is 1. The molecule has 0 saturated heterocycles. The van der Waals surface area contributed by atoms with Crippen LogP contribution < -0.4 is 11.1 Å². The highest BCUT2D eigenvalue weighted by Gasteiger charge is 2.35. The van der Waals surface area contributed by atoms with Gasteiger partial charge in [0, 0.05) is 23.7 Å². The third-order valence-electron chi connectivity index (χ3n) is 2.32. The van der Waals surface area contributed by atoms with E-state index in [4.69, 9.17) is 10.2 Å². The number of carbonyl (C=O) groups excluding carboxylic acids is 1. The minimum Gasteiger partial charge on any atom is -0.408 e. The van der Waals surface area contributed by atoms with Crippen LogP contribution in [0.25, 0.3) is 0 Å². The number of anilines is 1. The van der Waals surface area contributed by atoms with E-state index in [1.165, 1.54) is 0 Å². The van der Waals surface area contributed by atoms with Gasteiger partial charge >= 0.3 is 12.2 Å². The summed E-state index contributed by atoms with van der Waals surface area (Å²) in [4.78, 5) is 11.7. The zero-order chi connectivity index (χ0) is 14.8. The molecule has 2 heterocycles. The molecule has 0 atom stereocenters. The van der Waals surface area contributed by atoms with Gasteiger partial charge in [0.25, 0.3) is 5.91 Å². The van der Waals surface area contributed by atoms with E-state index in [1.807, 2.05) is 0 Å². The molecule has 0 spiro atoms. The van der Waals surface area contributed by atoms with Gasteiger partial charge in [-0.2, -0.15) is 24.5 Å². The van der Waals surface area contributed by atoms with Crippen molar-refractivity contribution in [3.8, 4) is 0 Å². The van der Waals surface area contributed by atoms with Gasteiger partial charge in [-0.05, 0) is 0 Å². The summed E-state index contributed by atoms with van der Waals surface area (Å²) in [5.41, 5.74) is 3.87. The normalized spacial score (nSPS) is 11.6. The van der Waals surface area contributed by atoms with Crippen molar-refractivity contribution >= 4 is 23.3 Å². The SMILES string of the molecule is Nc1nnc(CCNC(=O)c2cscc2C(F)(F)F)o1. The van der Waals surface area contributed by atoms with Crippen LogP contribution in [0.5, 0.6) is 0 Å². The van der Waals surface area contributed by atoms with Crippen LogP contribution in [0.15, 0.2) is 15.2 Å². The number of hydrogen-bond donors (Lipinski definition) is 2. The van der Waals surface area contributed by atoms with E-state index >= 15 is 0 Å². The number of nitrogens with one attached hydrogen (secondary N) is 1. The molecule has 2 rings (SSSR count). The first kappa shape index (κ1) is 14.3. The maximum absolute atomic E-state index is 12.6. The van der Waals surface area contributed by atoms with Crippen LogP contribution >= 0.6 is 11.3 Å². The van der Waals surface area contributed by atoms with Crippen molar-refractivity contribution in [1.29, 1.82) is 0 Å². The molecule has 0 aliphatic rings. The van der Waals surface area contributed by atoms with Crippen LogP contribution in [-0.4, -0.2) is 22.6 Å². The monoisotopic (exact) mass is 306 g/mol. The van der Waals surface area contributed by atoms with Crippen LogP contribution in [-0.2, 0) is 12.6 Å². The van der Waals surface area contributed by atoms with Crippen LogP contribution in [0.3, 0.4) is 0 Å². The maximum Gasteiger partial charge on any atom is 0.417 e. The van der Waals surface area contributed by atoms with E-state index in [-0.39, 0.29) is 24.9 Å². The van der Waals surface area contributed by atoms with E-state index < -0.39 is 23.2 Å². The van der Waals surface area contributed by atoms with Gasteiger partial charge in [0.05, 0.1) is 11.1 Å². The van der Waals surface area contributed by atoms with E-state index in [9.17, 15) is 18.0 Å². The lowest BCUT2D eigenvalue weighted by atomic mass is 10.2. The zero-order valence-corrected chi connectivity index (χ0v) is 10.7. The van der Waals surface area contributed by atoms with Crippen molar-refractivity contribution in [2.24, 2.45) is 0 Å². The fourth-order valence-corrected chi connectivity index (χ4v) is 2.27. The van der Waals surface area contributed by atoms with E-state index in [1.54, 1.807) is 0 Å². The summed E-state index contributed by atoms with van der Waals surface area (Å²) in [6.07, 6.45) is -4.37. The molecule has 0 aromatic carbocycles. The number of nitrogens with zero attached hydrogens (tertiary/aromatic N) is 2. The Morgan fingerprint density at radius 1 is 1.40 bits per heavy atom. The van der Waals surface area contributed by atoms with E-state index in [0.717, 1.165) is 22.1 Å². The highest BCUT2D eigenvalue weighted by molar-refractivity contribution is 7.08. The Morgan fingerprint density at radius 2 is 2.15 bits per heavy atom. The average molecular weight is 306 g/mol. The lowest BCUT2D eigenvalue weighted by Gasteiger charge is -2.08. The Bertz CT molecular complexity index is 608. The Kier molecular flexibility index (Phi) is 3.93. The van der Waals surface area contributed by atoms with Crippen molar-refractivity contribution in [3.05, 3.63) is 27.8 Å². The Labute approximate surface area is 114 Å². The maximum atomic E-state index is 12.6. The molecule has 0 bridgehead atoms. The summed E-state index contributed by atoms with van der Waals surface area (Å²) >= 11 is 0.816. The van der Waals surface area contributed by atoms with Gasteiger partial charge in [0.15, 0.2) is 0 Å². The third-order valence-corrected chi connectivity index (χ3v) is 3.06. The summed E-state index contributed by atoms with van der Waals surface area (Å²) in [6, 6.07) is -0.108. The molecule has 2 aromatic rings. The van der Waals surface area contributed by atoms with Crippen LogP contribution in [0.2, 0.25) is 0 Å². The fraction of sp³-hybridized carbons (Fsp3) is 0.300. The number of nitrogens with two attached hydrogens (primary N) is 1. The molecular weight excluding hydrogens is 297 g/mol. The minimum absolute atomic E-state index is 0.0631. The number of amides is 1. The predicted molar refractivity (Wildman–Crippen MR) is 64.1 cm³/mol. The van der Waals surface area contributed by atoms with Crippen molar-refractivity contribution in [3.63, 3.8) is 0 Å².